The Hall–Kier alpha value is -2.92. The number of aliphatic hydroxyl groups excluding tert-OH is 1. The molecule has 0 aromatic heterocycles. The van der Waals surface area contributed by atoms with E-state index in [9.17, 15) is 18.4 Å². The minimum atomic E-state index is -0.920. The van der Waals surface area contributed by atoms with E-state index >= 15 is 0 Å². The Bertz CT molecular complexity index is 719. The van der Waals surface area contributed by atoms with Gasteiger partial charge in [-0.3, -0.25) is 14.6 Å². The molecular formula is C15H20F2N6O3. The van der Waals surface area contributed by atoms with Gasteiger partial charge >= 0.3 is 0 Å². The van der Waals surface area contributed by atoms with Gasteiger partial charge in [-0.1, -0.05) is 0 Å². The second-order valence-electron chi connectivity index (χ2n) is 5.69. The van der Waals surface area contributed by atoms with Crippen LogP contribution in [0, 0.1) is 11.6 Å². The number of aliphatic hydroxyl groups is 1. The summed E-state index contributed by atoms with van der Waals surface area (Å²) in [5.74, 6) is 3.16. The number of carbonyl (C=O) groups excluding carboxylic acids is 2. The van der Waals surface area contributed by atoms with Crippen molar-refractivity contribution in [2.75, 3.05) is 36.4 Å². The van der Waals surface area contributed by atoms with Crippen LogP contribution in [-0.4, -0.2) is 48.3 Å². The Labute approximate surface area is 148 Å². The van der Waals surface area contributed by atoms with Gasteiger partial charge in [0.05, 0.1) is 25.4 Å². The van der Waals surface area contributed by atoms with Crippen molar-refractivity contribution >= 4 is 23.2 Å². The topological polar surface area (TPSA) is 128 Å². The summed E-state index contributed by atoms with van der Waals surface area (Å²) < 4.78 is 28.8. The van der Waals surface area contributed by atoms with Gasteiger partial charge in [0.2, 0.25) is 11.8 Å². The number of rotatable bonds is 6. The molecule has 6 N–H and O–H groups in total. The van der Waals surface area contributed by atoms with Crippen LogP contribution in [0.2, 0.25) is 0 Å². The fourth-order valence-electron chi connectivity index (χ4n) is 2.40. The predicted octanol–water partition coefficient (Wildman–Crippen LogP) is -0.863. The zero-order chi connectivity index (χ0) is 19.4. The van der Waals surface area contributed by atoms with Crippen LogP contribution >= 0.6 is 0 Å². The highest BCUT2D eigenvalue weighted by atomic mass is 19.1. The van der Waals surface area contributed by atoms with Gasteiger partial charge < -0.3 is 26.0 Å². The van der Waals surface area contributed by atoms with E-state index in [0.717, 1.165) is 22.0 Å². The number of nitrogens with one attached hydrogen (secondary N) is 1. The lowest BCUT2D eigenvalue weighted by Gasteiger charge is -2.22. The normalized spacial score (nSPS) is 14.8. The molecule has 1 aromatic rings. The number of halogens is 2. The first kappa shape index (κ1) is 19.4. The molecule has 11 heteroatoms. The third kappa shape index (κ3) is 4.37. The molecule has 2 amide bonds. The Morgan fingerprint density at radius 1 is 1.42 bits per heavy atom. The largest absolute Gasteiger partial charge is 0.399 e. The molecule has 1 aliphatic rings. The maximum Gasteiger partial charge on any atom is 0.245 e. The van der Waals surface area contributed by atoms with E-state index in [1.54, 1.807) is 0 Å². The van der Waals surface area contributed by atoms with Crippen molar-refractivity contribution in [3.05, 3.63) is 35.7 Å². The summed E-state index contributed by atoms with van der Waals surface area (Å²) in [4.78, 5) is 24.7. The van der Waals surface area contributed by atoms with E-state index in [2.05, 4.69) is 5.32 Å². The lowest BCUT2D eigenvalue weighted by Crippen LogP contribution is -2.31. The maximum atomic E-state index is 14.4. The zero-order valence-corrected chi connectivity index (χ0v) is 14.1. The maximum absolute atomic E-state index is 14.4. The van der Waals surface area contributed by atoms with Crippen LogP contribution in [0.5, 0.6) is 0 Å². The van der Waals surface area contributed by atoms with Gasteiger partial charge in [-0.2, -0.15) is 0 Å². The number of hydrogen-bond donors (Lipinski definition) is 4. The highest BCUT2D eigenvalue weighted by Crippen LogP contribution is 2.30. The lowest BCUT2D eigenvalue weighted by molar-refractivity contribution is -0.129. The van der Waals surface area contributed by atoms with E-state index in [4.69, 9.17) is 16.7 Å². The molecule has 0 spiro atoms. The van der Waals surface area contributed by atoms with E-state index in [-0.39, 0.29) is 42.7 Å². The van der Waals surface area contributed by atoms with Crippen molar-refractivity contribution in [1.82, 2.24) is 10.2 Å². The molecular weight excluding hydrogens is 350 g/mol. The standard InChI is InChI=1S/C15H20F2N6O3/c1-9(25)20-4-10(18)5-23(19)11-2-12(16)15(13(17)3-11)21-6-14(26)22(7-21)8-24/h2-3,5,24H,4,6-8,18-19H2,1H3,(H,20,25)/b10-5-. The average molecular weight is 370 g/mol. The lowest BCUT2D eigenvalue weighted by atomic mass is 10.2. The SMILES string of the molecule is CC(=O)NC/C(N)=C/N(N)c1cc(F)c(N2CC(=O)N(CO)C2)c(F)c1. The van der Waals surface area contributed by atoms with E-state index in [0.29, 0.717) is 0 Å². The van der Waals surface area contributed by atoms with Crippen LogP contribution in [-0.2, 0) is 9.59 Å². The van der Waals surface area contributed by atoms with Crippen LogP contribution in [0.1, 0.15) is 6.92 Å². The summed E-state index contributed by atoms with van der Waals surface area (Å²) in [7, 11) is 0. The summed E-state index contributed by atoms with van der Waals surface area (Å²) in [6, 6.07) is 1.99. The molecule has 1 aliphatic heterocycles. The number of hydrazine groups is 1. The molecule has 26 heavy (non-hydrogen) atoms. The van der Waals surface area contributed by atoms with Crippen molar-refractivity contribution in [1.29, 1.82) is 0 Å². The van der Waals surface area contributed by atoms with Crippen molar-refractivity contribution < 1.29 is 23.5 Å². The molecule has 0 aliphatic carbocycles. The van der Waals surface area contributed by atoms with Crippen molar-refractivity contribution in [3.8, 4) is 0 Å². The number of nitrogens with two attached hydrogens (primary N) is 2. The smallest absolute Gasteiger partial charge is 0.245 e. The van der Waals surface area contributed by atoms with Crippen LogP contribution in [0.15, 0.2) is 24.0 Å². The summed E-state index contributed by atoms with van der Waals surface area (Å²) in [6.07, 6.45) is 1.22. The molecule has 0 saturated carbocycles. The highest BCUT2D eigenvalue weighted by Gasteiger charge is 2.30. The van der Waals surface area contributed by atoms with Gasteiger partial charge in [-0.05, 0) is 0 Å². The molecule has 0 bridgehead atoms. The third-order valence-electron chi connectivity index (χ3n) is 3.65. The Balaban J connectivity index is 2.20. The molecule has 1 saturated heterocycles. The monoisotopic (exact) mass is 370 g/mol. The predicted molar refractivity (Wildman–Crippen MR) is 90.1 cm³/mol. The minimum Gasteiger partial charge on any atom is -0.399 e. The quantitative estimate of drug-likeness (QED) is 0.379. The van der Waals surface area contributed by atoms with Gasteiger partial charge in [0.25, 0.3) is 0 Å². The fraction of sp³-hybridized carbons (Fsp3) is 0.333. The molecule has 1 fully saturated rings. The van der Waals surface area contributed by atoms with E-state index < -0.39 is 24.3 Å². The first-order valence-corrected chi connectivity index (χ1v) is 7.60. The fourth-order valence-corrected chi connectivity index (χ4v) is 2.40. The molecule has 0 atom stereocenters. The van der Waals surface area contributed by atoms with Crippen LogP contribution in [0.3, 0.4) is 0 Å². The van der Waals surface area contributed by atoms with Crippen molar-refractivity contribution in [2.24, 2.45) is 11.6 Å². The molecule has 1 heterocycles. The second kappa shape index (κ2) is 7.97. The Morgan fingerprint density at radius 2 is 2.04 bits per heavy atom. The second-order valence-corrected chi connectivity index (χ2v) is 5.69. The summed E-state index contributed by atoms with van der Waals surface area (Å²) >= 11 is 0. The van der Waals surface area contributed by atoms with Crippen LogP contribution < -0.4 is 26.8 Å². The van der Waals surface area contributed by atoms with Crippen LogP contribution in [0.4, 0.5) is 20.2 Å². The number of anilines is 2. The molecule has 142 valence electrons. The summed E-state index contributed by atoms with van der Waals surface area (Å²) in [5, 5.41) is 12.4. The number of carbonyl (C=O) groups is 2. The molecule has 9 nitrogen and oxygen atoms in total. The van der Waals surface area contributed by atoms with Gasteiger partial charge in [0.1, 0.15) is 12.4 Å². The van der Waals surface area contributed by atoms with Gasteiger partial charge in [0.15, 0.2) is 11.6 Å². The van der Waals surface area contributed by atoms with E-state index in [1.807, 2.05) is 0 Å². The van der Waals surface area contributed by atoms with E-state index in [1.165, 1.54) is 18.0 Å². The van der Waals surface area contributed by atoms with Gasteiger partial charge in [-0.25, -0.2) is 14.6 Å². The third-order valence-corrected chi connectivity index (χ3v) is 3.65. The average Bonchev–Trinajstić information content (AvgIpc) is 2.92. The molecule has 0 unspecified atom stereocenters. The van der Waals surface area contributed by atoms with Gasteiger partial charge in [0, 0.05) is 31.0 Å². The van der Waals surface area contributed by atoms with Gasteiger partial charge in [-0.15, -0.1) is 0 Å². The van der Waals surface area contributed by atoms with Crippen LogP contribution in [0.25, 0.3) is 0 Å². The van der Waals surface area contributed by atoms with Crippen molar-refractivity contribution in [2.45, 2.75) is 6.92 Å². The Morgan fingerprint density at radius 3 is 2.54 bits per heavy atom. The summed E-state index contributed by atoms with van der Waals surface area (Å²) in [5.41, 5.74) is 5.45. The highest BCUT2D eigenvalue weighted by molar-refractivity contribution is 5.85. The first-order chi connectivity index (χ1) is 12.2. The first-order valence-electron chi connectivity index (χ1n) is 7.60. The molecule has 0 radical (unpaired) electrons. The number of benzene rings is 1. The summed E-state index contributed by atoms with van der Waals surface area (Å²) in [6.45, 7) is 0.435. The minimum absolute atomic E-state index is 0.0148. The number of nitrogens with zero attached hydrogens (tertiary/aromatic N) is 3. The Kier molecular flexibility index (Phi) is 5.95. The number of hydrogen-bond acceptors (Lipinski definition) is 7. The van der Waals surface area contributed by atoms with Crippen molar-refractivity contribution in [3.63, 3.8) is 0 Å². The molecule has 2 rings (SSSR count). The molecule has 1 aromatic carbocycles. The zero-order valence-electron chi connectivity index (χ0n) is 14.1. The number of amides is 2.